The summed E-state index contributed by atoms with van der Waals surface area (Å²) < 4.78 is 0. The molecule has 0 spiro atoms. The molecule has 0 bridgehead atoms. The lowest BCUT2D eigenvalue weighted by Crippen LogP contribution is -2.50. The molecule has 0 saturated heterocycles. The second-order valence-corrected chi connectivity index (χ2v) is 12.7. The van der Waals surface area contributed by atoms with Crippen molar-refractivity contribution in [2.24, 2.45) is 46.3 Å². The molecule has 0 N–H and O–H groups in total. The first kappa shape index (κ1) is 22.0. The molecule has 0 nitrogen and oxygen atoms in total. The van der Waals surface area contributed by atoms with Crippen molar-refractivity contribution in [1.82, 2.24) is 0 Å². The largest absolute Gasteiger partial charge is 0.0676 e. The lowest BCUT2D eigenvalue weighted by molar-refractivity contribution is -0.0675. The Labute approximate surface area is 182 Å². The van der Waals surface area contributed by atoms with Gasteiger partial charge in [-0.2, -0.15) is 0 Å². The van der Waals surface area contributed by atoms with Gasteiger partial charge in [0.2, 0.25) is 0 Å². The molecule has 0 aromatic carbocycles. The zero-order chi connectivity index (χ0) is 20.8. The summed E-state index contributed by atoms with van der Waals surface area (Å²) in [6.45, 7) is 15.2. The van der Waals surface area contributed by atoms with E-state index < -0.39 is 0 Å². The third-order valence-corrected chi connectivity index (χ3v) is 11.0. The van der Waals surface area contributed by atoms with Gasteiger partial charge in [0.05, 0.1) is 0 Å². The fourth-order valence-corrected chi connectivity index (χ4v) is 9.06. The summed E-state index contributed by atoms with van der Waals surface area (Å²) in [6, 6.07) is 0. The van der Waals surface area contributed by atoms with Crippen molar-refractivity contribution in [3.05, 3.63) is 11.1 Å². The molecule has 0 aromatic rings. The fourth-order valence-electron chi connectivity index (χ4n) is 9.06. The van der Waals surface area contributed by atoms with E-state index in [2.05, 4.69) is 41.5 Å². The Balaban J connectivity index is 1.50. The maximum absolute atomic E-state index is 2.72. The van der Waals surface area contributed by atoms with Crippen LogP contribution in [0, 0.1) is 46.3 Å². The van der Waals surface area contributed by atoms with E-state index in [0.717, 1.165) is 35.5 Å². The molecule has 0 aliphatic heterocycles. The van der Waals surface area contributed by atoms with E-state index in [1.807, 2.05) is 11.1 Å². The summed E-state index contributed by atoms with van der Waals surface area (Å²) in [4.78, 5) is 0. The van der Waals surface area contributed by atoms with Crippen LogP contribution in [0.25, 0.3) is 0 Å². The van der Waals surface area contributed by atoms with E-state index in [9.17, 15) is 0 Å². The van der Waals surface area contributed by atoms with Crippen molar-refractivity contribution in [3.63, 3.8) is 0 Å². The van der Waals surface area contributed by atoms with Crippen LogP contribution in [0.1, 0.15) is 125 Å². The molecule has 4 aliphatic rings. The first-order valence-corrected chi connectivity index (χ1v) is 13.5. The molecule has 0 heterocycles. The first-order valence-electron chi connectivity index (χ1n) is 13.5. The number of hydrogen-bond acceptors (Lipinski definition) is 0. The van der Waals surface area contributed by atoms with Crippen molar-refractivity contribution in [1.29, 1.82) is 0 Å². The zero-order valence-corrected chi connectivity index (χ0v) is 20.7. The van der Waals surface area contributed by atoms with Crippen LogP contribution < -0.4 is 0 Å². The van der Waals surface area contributed by atoms with Gasteiger partial charge in [-0.05, 0) is 111 Å². The standard InChI is InChI=1S/C29H50/c1-7-22(20(2)3)12-11-21(4)23-15-19-29(6)26(23)14-13-24-25-10-8-9-17-28(25,5)18-16-27(24)29/h20-22,24-25,27H,7-19H2,1-6H3/t21-,22?,24-,25+,27-,28+,29+/m1/s1. The maximum Gasteiger partial charge on any atom is -0.00796 e. The maximum atomic E-state index is 2.72. The third-order valence-electron chi connectivity index (χ3n) is 11.0. The highest BCUT2D eigenvalue weighted by molar-refractivity contribution is 5.33. The van der Waals surface area contributed by atoms with Crippen molar-refractivity contribution in [2.45, 2.75) is 125 Å². The molecule has 166 valence electrons. The molecular formula is C29H50. The lowest BCUT2D eigenvalue weighted by atomic mass is 9.46. The monoisotopic (exact) mass is 398 g/mol. The average molecular weight is 399 g/mol. The normalized spacial score (nSPS) is 41.7. The third kappa shape index (κ3) is 3.78. The highest BCUT2D eigenvalue weighted by Crippen LogP contribution is 2.66. The van der Waals surface area contributed by atoms with Gasteiger partial charge < -0.3 is 0 Å². The Hall–Kier alpha value is -0.260. The van der Waals surface area contributed by atoms with Gasteiger partial charge in [-0.15, -0.1) is 0 Å². The molecule has 1 unspecified atom stereocenters. The van der Waals surface area contributed by atoms with E-state index in [4.69, 9.17) is 0 Å². The van der Waals surface area contributed by atoms with Gasteiger partial charge in [0.15, 0.2) is 0 Å². The van der Waals surface area contributed by atoms with Crippen LogP contribution in [-0.4, -0.2) is 0 Å². The van der Waals surface area contributed by atoms with Crippen molar-refractivity contribution >= 4 is 0 Å². The molecule has 3 fully saturated rings. The van der Waals surface area contributed by atoms with Crippen LogP contribution in [0.15, 0.2) is 11.1 Å². The van der Waals surface area contributed by atoms with E-state index >= 15 is 0 Å². The number of rotatable bonds is 6. The average Bonchev–Trinajstić information content (AvgIpc) is 3.04. The van der Waals surface area contributed by atoms with Gasteiger partial charge in [-0.3, -0.25) is 0 Å². The predicted octanol–water partition coefficient (Wildman–Crippen LogP) is 9.20. The smallest absolute Gasteiger partial charge is 0.00796 e. The molecule has 0 amide bonds. The molecule has 0 aromatic heterocycles. The highest BCUT2D eigenvalue weighted by Gasteiger charge is 2.56. The Morgan fingerprint density at radius 2 is 1.66 bits per heavy atom. The molecule has 4 rings (SSSR count). The number of allylic oxidation sites excluding steroid dienone is 2. The topological polar surface area (TPSA) is 0 Å². The van der Waals surface area contributed by atoms with Crippen LogP contribution in [0.5, 0.6) is 0 Å². The molecule has 0 radical (unpaired) electrons. The van der Waals surface area contributed by atoms with Crippen LogP contribution >= 0.6 is 0 Å². The highest BCUT2D eigenvalue weighted by atomic mass is 14.6. The number of fused-ring (bicyclic) bond motifs is 5. The first-order chi connectivity index (χ1) is 13.8. The summed E-state index contributed by atoms with van der Waals surface area (Å²) in [5.74, 6) is 5.70. The Morgan fingerprint density at radius 1 is 0.862 bits per heavy atom. The minimum atomic E-state index is 0.563. The van der Waals surface area contributed by atoms with Gasteiger partial charge >= 0.3 is 0 Å². The summed E-state index contributed by atoms with van der Waals surface area (Å²) in [5, 5.41) is 0. The summed E-state index contributed by atoms with van der Waals surface area (Å²) in [5.41, 5.74) is 5.16. The summed E-state index contributed by atoms with van der Waals surface area (Å²) >= 11 is 0. The molecule has 29 heavy (non-hydrogen) atoms. The van der Waals surface area contributed by atoms with E-state index in [0.29, 0.717) is 10.8 Å². The van der Waals surface area contributed by atoms with Gasteiger partial charge in [0.25, 0.3) is 0 Å². The molecule has 4 aliphatic carbocycles. The summed E-state index contributed by atoms with van der Waals surface area (Å²) in [7, 11) is 0. The van der Waals surface area contributed by atoms with Crippen LogP contribution in [0.2, 0.25) is 0 Å². The van der Waals surface area contributed by atoms with Gasteiger partial charge in [-0.25, -0.2) is 0 Å². The van der Waals surface area contributed by atoms with E-state index in [1.165, 1.54) is 77.0 Å². The summed E-state index contributed by atoms with van der Waals surface area (Å²) in [6.07, 6.45) is 19.3. The minimum Gasteiger partial charge on any atom is -0.0676 e. The van der Waals surface area contributed by atoms with E-state index in [-0.39, 0.29) is 0 Å². The van der Waals surface area contributed by atoms with E-state index in [1.54, 1.807) is 6.42 Å². The number of hydrogen-bond donors (Lipinski definition) is 0. The molecule has 3 saturated carbocycles. The molecular weight excluding hydrogens is 348 g/mol. The van der Waals surface area contributed by atoms with Crippen molar-refractivity contribution in [3.8, 4) is 0 Å². The predicted molar refractivity (Wildman–Crippen MR) is 127 cm³/mol. The Morgan fingerprint density at radius 3 is 2.38 bits per heavy atom. The van der Waals surface area contributed by atoms with Gasteiger partial charge in [0.1, 0.15) is 0 Å². The van der Waals surface area contributed by atoms with Crippen LogP contribution in [0.4, 0.5) is 0 Å². The van der Waals surface area contributed by atoms with Crippen LogP contribution in [0.3, 0.4) is 0 Å². The second-order valence-electron chi connectivity index (χ2n) is 12.7. The molecule has 7 atom stereocenters. The quantitative estimate of drug-likeness (QED) is 0.391. The van der Waals surface area contributed by atoms with Crippen LogP contribution in [-0.2, 0) is 0 Å². The fraction of sp³-hybridized carbons (Fsp3) is 0.931. The van der Waals surface area contributed by atoms with Gasteiger partial charge in [0, 0.05) is 0 Å². The molecule has 0 heteroatoms. The SMILES string of the molecule is CCC(CC[C@@H](C)C1=C2CC[C@H]3[C@@H](CC[C@]4(C)CCCC[C@@H]34)[C@@]2(C)CC1)C(C)C. The Kier molecular flexibility index (Phi) is 6.32. The van der Waals surface area contributed by atoms with Gasteiger partial charge in [-0.1, -0.05) is 72.0 Å². The Bertz CT molecular complexity index is 612. The lowest BCUT2D eigenvalue weighted by Gasteiger charge is -2.59. The van der Waals surface area contributed by atoms with Crippen molar-refractivity contribution < 1.29 is 0 Å². The second kappa shape index (κ2) is 8.35. The minimum absolute atomic E-state index is 0.563. The van der Waals surface area contributed by atoms with Crippen molar-refractivity contribution in [2.75, 3.05) is 0 Å². The zero-order valence-electron chi connectivity index (χ0n) is 20.7.